The number of nitro groups is 1. The van der Waals surface area contributed by atoms with Gasteiger partial charge >= 0.3 is 5.97 Å². The standard InChI is InChI=1S/C16H17N3O6/c20-14(12-8-4-1-2-5-9(8)12)17-18-15(21)13-10(16(22)23)6-3-7-11(13)19(24)25/h3,6-9,12H,1-2,4-5H2,(H,17,20)(H,18,21)(H,22,23). The van der Waals surface area contributed by atoms with Crippen LogP contribution >= 0.6 is 0 Å². The maximum absolute atomic E-state index is 12.3. The minimum Gasteiger partial charge on any atom is -0.478 e. The van der Waals surface area contributed by atoms with Gasteiger partial charge in [-0.25, -0.2) is 4.79 Å². The summed E-state index contributed by atoms with van der Waals surface area (Å²) in [5.41, 5.74) is 2.67. The molecule has 1 aromatic carbocycles. The summed E-state index contributed by atoms with van der Waals surface area (Å²) in [4.78, 5) is 45.9. The largest absolute Gasteiger partial charge is 0.478 e. The Morgan fingerprint density at radius 3 is 2.32 bits per heavy atom. The third-order valence-corrected chi connectivity index (χ3v) is 4.96. The van der Waals surface area contributed by atoms with Gasteiger partial charge < -0.3 is 5.11 Å². The second-order valence-corrected chi connectivity index (χ2v) is 6.34. The van der Waals surface area contributed by atoms with Crippen molar-refractivity contribution in [2.45, 2.75) is 25.7 Å². The molecule has 0 spiro atoms. The molecule has 2 aliphatic carbocycles. The van der Waals surface area contributed by atoms with Gasteiger partial charge in [0.2, 0.25) is 5.91 Å². The van der Waals surface area contributed by atoms with Gasteiger partial charge in [-0.05, 0) is 30.7 Å². The average Bonchev–Trinajstić information content (AvgIpc) is 3.33. The summed E-state index contributed by atoms with van der Waals surface area (Å²) < 4.78 is 0. The molecule has 0 bridgehead atoms. The highest BCUT2D eigenvalue weighted by Crippen LogP contribution is 2.55. The first kappa shape index (κ1) is 16.9. The normalized spacial score (nSPS) is 23.9. The SMILES string of the molecule is O=C(O)c1cccc([N+](=O)[O-])c1C(=O)NNC(=O)C1C2CCCCC21. The molecule has 132 valence electrons. The molecule has 2 aliphatic rings. The van der Waals surface area contributed by atoms with Crippen LogP contribution in [0.2, 0.25) is 0 Å². The van der Waals surface area contributed by atoms with Crippen LogP contribution in [0, 0.1) is 27.9 Å². The molecule has 2 amide bonds. The van der Waals surface area contributed by atoms with E-state index in [1.54, 1.807) is 0 Å². The maximum Gasteiger partial charge on any atom is 0.336 e. The first-order chi connectivity index (χ1) is 11.9. The second kappa shape index (κ2) is 6.50. The molecule has 0 aromatic heterocycles. The molecule has 0 heterocycles. The van der Waals surface area contributed by atoms with E-state index in [0.717, 1.165) is 37.8 Å². The number of benzene rings is 1. The molecule has 3 N–H and O–H groups in total. The lowest BCUT2D eigenvalue weighted by atomic mass is 10.0. The topological polar surface area (TPSA) is 139 Å². The summed E-state index contributed by atoms with van der Waals surface area (Å²) in [6, 6.07) is 3.33. The van der Waals surface area contributed by atoms with Crippen molar-refractivity contribution in [1.82, 2.24) is 10.9 Å². The van der Waals surface area contributed by atoms with Gasteiger partial charge in [0.25, 0.3) is 11.6 Å². The van der Waals surface area contributed by atoms with E-state index in [-0.39, 0.29) is 11.8 Å². The van der Waals surface area contributed by atoms with Gasteiger partial charge in [0.1, 0.15) is 5.56 Å². The fraction of sp³-hybridized carbons (Fsp3) is 0.438. The number of amides is 2. The Labute approximate surface area is 142 Å². The van der Waals surface area contributed by atoms with Crippen molar-refractivity contribution in [3.63, 3.8) is 0 Å². The van der Waals surface area contributed by atoms with Gasteiger partial charge in [0, 0.05) is 12.0 Å². The number of hydrazine groups is 1. The number of carbonyl (C=O) groups is 3. The first-order valence-electron chi connectivity index (χ1n) is 8.02. The molecule has 9 heteroatoms. The number of carbonyl (C=O) groups excluding carboxylic acids is 2. The lowest BCUT2D eigenvalue weighted by Gasteiger charge is -2.09. The van der Waals surface area contributed by atoms with E-state index in [1.165, 1.54) is 6.07 Å². The summed E-state index contributed by atoms with van der Waals surface area (Å²) >= 11 is 0. The summed E-state index contributed by atoms with van der Waals surface area (Å²) in [5.74, 6) is -2.29. The number of rotatable bonds is 4. The van der Waals surface area contributed by atoms with Crippen molar-refractivity contribution in [2.24, 2.45) is 17.8 Å². The molecule has 2 fully saturated rings. The van der Waals surface area contributed by atoms with E-state index in [4.69, 9.17) is 5.11 Å². The highest BCUT2D eigenvalue weighted by molar-refractivity contribution is 6.08. The summed E-state index contributed by atoms with van der Waals surface area (Å²) in [6.45, 7) is 0. The lowest BCUT2D eigenvalue weighted by molar-refractivity contribution is -0.385. The number of carboxylic acids is 1. The number of hydrogen-bond acceptors (Lipinski definition) is 5. The Kier molecular flexibility index (Phi) is 4.39. The lowest BCUT2D eigenvalue weighted by Crippen LogP contribution is -2.43. The van der Waals surface area contributed by atoms with Crippen molar-refractivity contribution in [2.75, 3.05) is 0 Å². The molecule has 0 aliphatic heterocycles. The molecule has 1 aromatic rings. The Balaban J connectivity index is 1.72. The monoisotopic (exact) mass is 347 g/mol. The number of nitro benzene ring substituents is 1. The van der Waals surface area contributed by atoms with E-state index in [0.29, 0.717) is 11.8 Å². The number of fused-ring (bicyclic) bond motifs is 1. The zero-order chi connectivity index (χ0) is 18.1. The number of carboxylic acid groups (broad SMARTS) is 1. The van der Waals surface area contributed by atoms with Gasteiger partial charge in [-0.1, -0.05) is 18.9 Å². The number of nitrogens with zero attached hydrogens (tertiary/aromatic N) is 1. The zero-order valence-electron chi connectivity index (χ0n) is 13.2. The molecular formula is C16H17N3O6. The Morgan fingerprint density at radius 2 is 1.76 bits per heavy atom. The quantitative estimate of drug-likeness (QED) is 0.557. The van der Waals surface area contributed by atoms with Crippen LogP contribution in [-0.4, -0.2) is 27.8 Å². The molecule has 3 rings (SSSR count). The third-order valence-electron chi connectivity index (χ3n) is 4.96. The van der Waals surface area contributed by atoms with Crippen LogP contribution in [0.5, 0.6) is 0 Å². The number of aromatic carboxylic acids is 1. The van der Waals surface area contributed by atoms with Crippen LogP contribution in [-0.2, 0) is 4.79 Å². The van der Waals surface area contributed by atoms with Crippen molar-refractivity contribution in [3.05, 3.63) is 39.4 Å². The van der Waals surface area contributed by atoms with Crippen LogP contribution in [0.4, 0.5) is 5.69 Å². The molecule has 0 radical (unpaired) electrons. The minimum absolute atomic E-state index is 0.146. The molecule has 2 saturated carbocycles. The Hall–Kier alpha value is -2.97. The second-order valence-electron chi connectivity index (χ2n) is 6.34. The van der Waals surface area contributed by atoms with Crippen molar-refractivity contribution in [3.8, 4) is 0 Å². The van der Waals surface area contributed by atoms with E-state index in [1.807, 2.05) is 0 Å². The van der Waals surface area contributed by atoms with E-state index < -0.39 is 33.6 Å². The van der Waals surface area contributed by atoms with E-state index in [9.17, 15) is 24.5 Å². The van der Waals surface area contributed by atoms with Gasteiger partial charge in [0.15, 0.2) is 0 Å². The fourth-order valence-electron chi connectivity index (χ4n) is 3.75. The van der Waals surface area contributed by atoms with E-state index >= 15 is 0 Å². The van der Waals surface area contributed by atoms with Crippen LogP contribution in [0.25, 0.3) is 0 Å². The minimum atomic E-state index is -1.46. The van der Waals surface area contributed by atoms with Gasteiger partial charge in [-0.2, -0.15) is 0 Å². The summed E-state index contributed by atoms with van der Waals surface area (Å²) in [7, 11) is 0. The number of hydrogen-bond donors (Lipinski definition) is 3. The first-order valence-corrected chi connectivity index (χ1v) is 8.02. The van der Waals surface area contributed by atoms with E-state index in [2.05, 4.69) is 10.9 Å². The van der Waals surface area contributed by atoms with Crippen molar-refractivity contribution in [1.29, 1.82) is 0 Å². The molecule has 25 heavy (non-hydrogen) atoms. The molecule has 0 saturated heterocycles. The van der Waals surface area contributed by atoms with Crippen LogP contribution < -0.4 is 10.9 Å². The predicted octanol–water partition coefficient (Wildman–Crippen LogP) is 1.49. The smallest absolute Gasteiger partial charge is 0.336 e. The Morgan fingerprint density at radius 1 is 1.12 bits per heavy atom. The van der Waals surface area contributed by atoms with Crippen LogP contribution in [0.15, 0.2) is 18.2 Å². The van der Waals surface area contributed by atoms with Crippen molar-refractivity contribution >= 4 is 23.5 Å². The summed E-state index contributed by atoms with van der Waals surface area (Å²) in [6.07, 6.45) is 4.17. The van der Waals surface area contributed by atoms with Crippen LogP contribution in [0.3, 0.4) is 0 Å². The fourth-order valence-corrected chi connectivity index (χ4v) is 3.75. The predicted molar refractivity (Wildman–Crippen MR) is 84.6 cm³/mol. The zero-order valence-corrected chi connectivity index (χ0v) is 13.2. The van der Waals surface area contributed by atoms with Gasteiger partial charge in [-0.15, -0.1) is 0 Å². The highest BCUT2D eigenvalue weighted by atomic mass is 16.6. The van der Waals surface area contributed by atoms with Crippen LogP contribution in [0.1, 0.15) is 46.4 Å². The average molecular weight is 347 g/mol. The van der Waals surface area contributed by atoms with Crippen molar-refractivity contribution < 1.29 is 24.4 Å². The molecule has 9 nitrogen and oxygen atoms in total. The van der Waals surface area contributed by atoms with Gasteiger partial charge in [-0.3, -0.25) is 30.6 Å². The Bertz CT molecular complexity index is 718. The maximum atomic E-state index is 12.3. The number of nitrogens with one attached hydrogen (secondary N) is 2. The molecule has 2 unspecified atom stereocenters. The molecular weight excluding hydrogens is 330 g/mol. The third kappa shape index (κ3) is 3.17. The van der Waals surface area contributed by atoms with Gasteiger partial charge in [0.05, 0.1) is 10.5 Å². The molecule has 2 atom stereocenters. The summed E-state index contributed by atoms with van der Waals surface area (Å²) in [5, 5.41) is 20.2. The highest BCUT2D eigenvalue weighted by Gasteiger charge is 2.54.